The number of piperazine rings is 1. The number of hydrogen-bond donors (Lipinski definition) is 1. The number of aliphatic hydroxyl groups is 1. The van der Waals surface area contributed by atoms with Gasteiger partial charge in [0.25, 0.3) is 5.56 Å². The van der Waals surface area contributed by atoms with Gasteiger partial charge >= 0.3 is 6.18 Å². The lowest BCUT2D eigenvalue weighted by molar-refractivity contribution is -0.137. The van der Waals surface area contributed by atoms with Crippen molar-refractivity contribution >= 4 is 16.5 Å². The molecule has 9 heteroatoms. The van der Waals surface area contributed by atoms with Crippen molar-refractivity contribution in [2.45, 2.75) is 31.3 Å². The third kappa shape index (κ3) is 3.86. The Bertz CT molecular complexity index is 1180. The van der Waals surface area contributed by atoms with E-state index in [0.717, 1.165) is 30.7 Å². The number of hydrogen-bond acceptors (Lipinski definition) is 5. The number of anilines is 1. The van der Waals surface area contributed by atoms with E-state index in [9.17, 15) is 23.1 Å². The Labute approximate surface area is 182 Å². The maximum atomic E-state index is 12.8. The molecular formula is C23H23F3N4O2. The van der Waals surface area contributed by atoms with Gasteiger partial charge in [0.1, 0.15) is 5.69 Å². The van der Waals surface area contributed by atoms with Crippen LogP contribution < -0.4 is 10.5 Å². The van der Waals surface area contributed by atoms with Gasteiger partial charge in [0.05, 0.1) is 17.0 Å². The Hall–Kier alpha value is -2.91. The van der Waals surface area contributed by atoms with E-state index >= 15 is 0 Å². The minimum atomic E-state index is -4.35. The summed E-state index contributed by atoms with van der Waals surface area (Å²) in [6.07, 6.45) is -3.51. The molecule has 32 heavy (non-hydrogen) atoms. The molecule has 2 aliphatic rings. The molecule has 1 saturated heterocycles. The highest BCUT2D eigenvalue weighted by Crippen LogP contribution is 2.35. The molecule has 1 aliphatic heterocycles. The summed E-state index contributed by atoms with van der Waals surface area (Å²) in [6, 6.07) is 12.4. The topological polar surface area (TPSA) is 61.6 Å². The molecule has 2 heterocycles. The van der Waals surface area contributed by atoms with Crippen LogP contribution in [-0.2, 0) is 6.18 Å². The van der Waals surface area contributed by atoms with Crippen LogP contribution in [0.4, 0.5) is 18.9 Å². The Balaban J connectivity index is 1.35. The van der Waals surface area contributed by atoms with Crippen LogP contribution in [0.2, 0.25) is 0 Å². The molecule has 168 valence electrons. The Kier molecular flexibility index (Phi) is 5.17. The lowest BCUT2D eigenvalue weighted by atomic mass is 10.1. The third-order valence-electron chi connectivity index (χ3n) is 6.21. The predicted octanol–water partition coefficient (Wildman–Crippen LogP) is 3.56. The van der Waals surface area contributed by atoms with Crippen LogP contribution in [0.1, 0.15) is 36.4 Å². The van der Waals surface area contributed by atoms with Crippen molar-refractivity contribution in [3.8, 4) is 0 Å². The summed E-state index contributed by atoms with van der Waals surface area (Å²) in [5.74, 6) is 0. The first-order valence-electron chi connectivity index (χ1n) is 10.7. The SMILES string of the molecule is O=c1c2ccccc2c(C(O)N2CCN(c3ccc(C(F)(F)F)cc3)CC2)nn1C1CC1. The largest absolute Gasteiger partial charge is 0.416 e. The molecule has 2 aromatic carbocycles. The zero-order valence-electron chi connectivity index (χ0n) is 17.3. The summed E-state index contributed by atoms with van der Waals surface area (Å²) >= 11 is 0. The number of alkyl halides is 3. The van der Waals surface area contributed by atoms with Crippen molar-refractivity contribution in [3.05, 3.63) is 70.1 Å². The monoisotopic (exact) mass is 444 g/mol. The lowest BCUT2D eigenvalue weighted by Gasteiger charge is -2.38. The van der Waals surface area contributed by atoms with Crippen LogP contribution in [0.15, 0.2) is 53.3 Å². The molecule has 1 aromatic heterocycles. The molecule has 0 spiro atoms. The first-order chi connectivity index (χ1) is 15.3. The van der Waals surface area contributed by atoms with Gasteiger partial charge in [0.15, 0.2) is 6.23 Å². The van der Waals surface area contributed by atoms with Gasteiger partial charge < -0.3 is 10.0 Å². The number of aliphatic hydroxyl groups excluding tert-OH is 1. The second-order valence-corrected chi connectivity index (χ2v) is 8.35. The number of rotatable bonds is 4. The molecule has 6 nitrogen and oxygen atoms in total. The summed E-state index contributed by atoms with van der Waals surface area (Å²) in [5, 5.41) is 16.9. The van der Waals surface area contributed by atoms with Gasteiger partial charge in [-0.2, -0.15) is 18.3 Å². The van der Waals surface area contributed by atoms with Crippen molar-refractivity contribution in [3.63, 3.8) is 0 Å². The molecule has 5 rings (SSSR count). The first kappa shape index (κ1) is 21.0. The molecule has 3 aromatic rings. The summed E-state index contributed by atoms with van der Waals surface area (Å²) < 4.78 is 39.9. The van der Waals surface area contributed by atoms with Gasteiger partial charge in [-0.3, -0.25) is 9.69 Å². The van der Waals surface area contributed by atoms with E-state index in [2.05, 4.69) is 5.10 Å². The van der Waals surface area contributed by atoms with E-state index in [1.807, 2.05) is 15.9 Å². The Morgan fingerprint density at radius 1 is 0.938 bits per heavy atom. The van der Waals surface area contributed by atoms with Crippen molar-refractivity contribution in [2.75, 3.05) is 31.1 Å². The fraction of sp³-hybridized carbons (Fsp3) is 0.391. The number of aromatic nitrogens is 2. The molecule has 2 fully saturated rings. The molecule has 0 bridgehead atoms. The van der Waals surface area contributed by atoms with Crippen molar-refractivity contribution in [2.24, 2.45) is 0 Å². The first-order valence-corrected chi connectivity index (χ1v) is 10.7. The van der Waals surface area contributed by atoms with Gasteiger partial charge in [-0.15, -0.1) is 0 Å². The quantitative estimate of drug-likeness (QED) is 0.667. The third-order valence-corrected chi connectivity index (χ3v) is 6.21. The van der Waals surface area contributed by atoms with Crippen molar-refractivity contribution in [1.29, 1.82) is 0 Å². The summed E-state index contributed by atoms with van der Waals surface area (Å²) in [7, 11) is 0. The minimum absolute atomic E-state index is 0.0922. The van der Waals surface area contributed by atoms with E-state index in [4.69, 9.17) is 0 Å². The van der Waals surface area contributed by atoms with Crippen LogP contribution in [0.3, 0.4) is 0 Å². The van der Waals surface area contributed by atoms with Crippen LogP contribution in [0, 0.1) is 0 Å². The van der Waals surface area contributed by atoms with E-state index in [-0.39, 0.29) is 11.6 Å². The van der Waals surface area contributed by atoms with Gasteiger partial charge in [-0.05, 0) is 43.2 Å². The fourth-order valence-electron chi connectivity index (χ4n) is 4.25. The van der Waals surface area contributed by atoms with Crippen LogP contribution in [-0.4, -0.2) is 46.0 Å². The number of halogens is 3. The zero-order chi connectivity index (χ0) is 22.5. The summed E-state index contributed by atoms with van der Waals surface area (Å²) in [6.45, 7) is 2.15. The van der Waals surface area contributed by atoms with Gasteiger partial charge in [-0.1, -0.05) is 18.2 Å². The van der Waals surface area contributed by atoms with Gasteiger partial charge in [0, 0.05) is 37.3 Å². The Morgan fingerprint density at radius 2 is 1.56 bits per heavy atom. The molecular weight excluding hydrogens is 421 g/mol. The Morgan fingerprint density at radius 3 is 2.16 bits per heavy atom. The number of fused-ring (bicyclic) bond motifs is 1. The number of benzene rings is 2. The second-order valence-electron chi connectivity index (χ2n) is 8.35. The molecule has 1 atom stereocenters. The number of nitrogens with zero attached hydrogens (tertiary/aromatic N) is 4. The van der Waals surface area contributed by atoms with E-state index < -0.39 is 18.0 Å². The molecule has 0 radical (unpaired) electrons. The van der Waals surface area contributed by atoms with Gasteiger partial charge in [0.2, 0.25) is 0 Å². The highest BCUT2D eigenvalue weighted by atomic mass is 19.4. The van der Waals surface area contributed by atoms with E-state index in [1.165, 1.54) is 16.8 Å². The standard InChI is InChI=1S/C23H23F3N4O2/c24-23(25,26)15-5-7-16(8-6-15)28-11-13-29(14-12-28)22(32)20-18-3-1-2-4-19(18)21(31)30(27-20)17-9-10-17/h1-8,17,22,32H,9-14H2. The van der Waals surface area contributed by atoms with Crippen LogP contribution >= 0.6 is 0 Å². The predicted molar refractivity (Wildman–Crippen MR) is 114 cm³/mol. The maximum absolute atomic E-state index is 12.8. The smallest absolute Gasteiger partial charge is 0.372 e. The molecule has 1 aliphatic carbocycles. The lowest BCUT2D eigenvalue weighted by Crippen LogP contribution is -2.48. The van der Waals surface area contributed by atoms with E-state index in [0.29, 0.717) is 42.6 Å². The normalized spacial score (nSPS) is 18.8. The molecule has 0 amide bonds. The minimum Gasteiger partial charge on any atom is -0.372 e. The molecule has 1 saturated carbocycles. The average Bonchev–Trinajstić information content (AvgIpc) is 3.64. The highest BCUT2D eigenvalue weighted by Gasteiger charge is 2.32. The fourth-order valence-corrected chi connectivity index (χ4v) is 4.25. The average molecular weight is 444 g/mol. The van der Waals surface area contributed by atoms with Crippen LogP contribution in [0.5, 0.6) is 0 Å². The second kappa shape index (κ2) is 7.90. The van der Waals surface area contributed by atoms with Crippen molar-refractivity contribution in [1.82, 2.24) is 14.7 Å². The van der Waals surface area contributed by atoms with Gasteiger partial charge in [-0.25, -0.2) is 4.68 Å². The molecule has 1 N–H and O–H groups in total. The summed E-state index contributed by atoms with van der Waals surface area (Å²) in [4.78, 5) is 16.7. The van der Waals surface area contributed by atoms with Crippen LogP contribution in [0.25, 0.3) is 10.8 Å². The summed E-state index contributed by atoms with van der Waals surface area (Å²) in [5.41, 5.74) is 0.387. The highest BCUT2D eigenvalue weighted by molar-refractivity contribution is 5.83. The molecule has 1 unspecified atom stereocenters. The zero-order valence-corrected chi connectivity index (χ0v) is 17.3. The van der Waals surface area contributed by atoms with E-state index in [1.54, 1.807) is 18.2 Å². The van der Waals surface area contributed by atoms with Crippen molar-refractivity contribution < 1.29 is 18.3 Å². The maximum Gasteiger partial charge on any atom is 0.416 e.